The third-order valence-corrected chi connectivity index (χ3v) is 2.77. The van der Waals surface area contributed by atoms with E-state index >= 15 is 0 Å². The van der Waals surface area contributed by atoms with Crippen molar-refractivity contribution in [2.45, 2.75) is 26.4 Å². The molecule has 0 radical (unpaired) electrons. The van der Waals surface area contributed by atoms with Crippen LogP contribution >= 0.6 is 0 Å². The Morgan fingerprint density at radius 2 is 2.11 bits per heavy atom. The number of carbonyl (C=O) groups excluding carboxylic acids is 1. The molecule has 4 N–H and O–H groups in total. The molecule has 5 heteroatoms. The van der Waals surface area contributed by atoms with Gasteiger partial charge in [0, 0.05) is 29.9 Å². The molecule has 0 fully saturated rings. The molecule has 18 heavy (non-hydrogen) atoms. The van der Waals surface area contributed by atoms with Gasteiger partial charge in [-0.15, -0.1) is 0 Å². The Balaban J connectivity index is 2.89. The molecular formula is C13H21N3O2. The van der Waals surface area contributed by atoms with Crippen molar-refractivity contribution < 1.29 is 9.53 Å². The zero-order chi connectivity index (χ0) is 13.7. The van der Waals surface area contributed by atoms with Gasteiger partial charge in [0.1, 0.15) is 5.75 Å². The number of primary amides is 1. The van der Waals surface area contributed by atoms with E-state index in [-0.39, 0.29) is 18.5 Å². The van der Waals surface area contributed by atoms with Crippen LogP contribution in [0.2, 0.25) is 0 Å². The summed E-state index contributed by atoms with van der Waals surface area (Å²) in [5.74, 6) is 0.392. The summed E-state index contributed by atoms with van der Waals surface area (Å²) in [5.41, 5.74) is 12.6. The SMILES string of the molecule is COc1cc(N)ccc1CN(CC(N)=O)C(C)C. The first-order valence-electron chi connectivity index (χ1n) is 5.88. The van der Waals surface area contributed by atoms with Crippen molar-refractivity contribution in [3.63, 3.8) is 0 Å². The Morgan fingerprint density at radius 3 is 2.61 bits per heavy atom. The molecule has 0 bridgehead atoms. The van der Waals surface area contributed by atoms with Gasteiger partial charge in [0.2, 0.25) is 5.91 Å². The van der Waals surface area contributed by atoms with Gasteiger partial charge in [-0.1, -0.05) is 6.07 Å². The summed E-state index contributed by atoms with van der Waals surface area (Å²) >= 11 is 0. The number of benzene rings is 1. The second-order valence-corrected chi connectivity index (χ2v) is 4.54. The maximum absolute atomic E-state index is 11.0. The number of nitrogens with two attached hydrogens (primary N) is 2. The second kappa shape index (κ2) is 6.26. The lowest BCUT2D eigenvalue weighted by atomic mass is 10.1. The molecule has 0 saturated heterocycles. The third-order valence-electron chi connectivity index (χ3n) is 2.77. The van der Waals surface area contributed by atoms with Crippen LogP contribution in [0.1, 0.15) is 19.4 Å². The zero-order valence-electron chi connectivity index (χ0n) is 11.1. The van der Waals surface area contributed by atoms with Crippen molar-refractivity contribution >= 4 is 11.6 Å². The lowest BCUT2D eigenvalue weighted by Gasteiger charge is -2.25. The fraction of sp³-hybridized carbons (Fsp3) is 0.462. The van der Waals surface area contributed by atoms with E-state index < -0.39 is 0 Å². The van der Waals surface area contributed by atoms with E-state index in [2.05, 4.69) is 0 Å². The number of rotatable bonds is 6. The number of nitrogens with zero attached hydrogens (tertiary/aromatic N) is 1. The van der Waals surface area contributed by atoms with Gasteiger partial charge in [0.15, 0.2) is 0 Å². The standard InChI is InChI=1S/C13H21N3O2/c1-9(2)16(8-13(15)17)7-10-4-5-11(14)6-12(10)18-3/h4-6,9H,7-8,14H2,1-3H3,(H2,15,17). The summed E-state index contributed by atoms with van der Waals surface area (Å²) in [5, 5.41) is 0. The van der Waals surface area contributed by atoms with E-state index in [0.717, 1.165) is 11.3 Å². The van der Waals surface area contributed by atoms with Crippen LogP contribution < -0.4 is 16.2 Å². The molecule has 0 aromatic heterocycles. The van der Waals surface area contributed by atoms with Crippen molar-refractivity contribution in [3.05, 3.63) is 23.8 Å². The molecular weight excluding hydrogens is 230 g/mol. The predicted molar refractivity (Wildman–Crippen MR) is 72.1 cm³/mol. The number of ether oxygens (including phenoxy) is 1. The molecule has 0 aliphatic carbocycles. The van der Waals surface area contributed by atoms with Crippen molar-refractivity contribution in [2.24, 2.45) is 5.73 Å². The molecule has 1 rings (SSSR count). The molecule has 0 heterocycles. The molecule has 100 valence electrons. The van der Waals surface area contributed by atoms with E-state index in [0.29, 0.717) is 12.2 Å². The molecule has 0 aliphatic heterocycles. The van der Waals surface area contributed by atoms with E-state index in [1.54, 1.807) is 13.2 Å². The number of methoxy groups -OCH3 is 1. The van der Waals surface area contributed by atoms with E-state index in [9.17, 15) is 4.79 Å². The summed E-state index contributed by atoms with van der Waals surface area (Å²) in [6, 6.07) is 5.73. The van der Waals surface area contributed by atoms with Gasteiger partial charge < -0.3 is 16.2 Å². The summed E-state index contributed by atoms with van der Waals surface area (Å²) < 4.78 is 5.29. The van der Waals surface area contributed by atoms with E-state index in [1.165, 1.54) is 0 Å². The highest BCUT2D eigenvalue weighted by Gasteiger charge is 2.15. The molecule has 1 aromatic carbocycles. The fourth-order valence-corrected chi connectivity index (χ4v) is 1.73. The zero-order valence-corrected chi connectivity index (χ0v) is 11.1. The predicted octanol–water partition coefficient (Wildman–Crippen LogP) is 0.973. The average Bonchev–Trinajstić information content (AvgIpc) is 2.29. The molecule has 0 aliphatic rings. The van der Waals surface area contributed by atoms with Crippen LogP contribution in [0.25, 0.3) is 0 Å². The lowest BCUT2D eigenvalue weighted by molar-refractivity contribution is -0.119. The normalized spacial score (nSPS) is 10.9. The minimum Gasteiger partial charge on any atom is -0.496 e. The van der Waals surface area contributed by atoms with Gasteiger partial charge in [-0.25, -0.2) is 0 Å². The van der Waals surface area contributed by atoms with Crippen molar-refractivity contribution in [1.29, 1.82) is 0 Å². The minimum atomic E-state index is -0.335. The fourth-order valence-electron chi connectivity index (χ4n) is 1.73. The topological polar surface area (TPSA) is 81.6 Å². The molecule has 0 spiro atoms. The third kappa shape index (κ3) is 3.92. The number of anilines is 1. The Kier molecular flexibility index (Phi) is 4.97. The highest BCUT2D eigenvalue weighted by atomic mass is 16.5. The lowest BCUT2D eigenvalue weighted by Crippen LogP contribution is -2.38. The average molecular weight is 251 g/mol. The molecule has 1 amide bonds. The Hall–Kier alpha value is -1.75. The van der Waals surface area contributed by atoms with Crippen molar-refractivity contribution in [3.8, 4) is 5.75 Å². The number of hydrogen-bond acceptors (Lipinski definition) is 4. The van der Waals surface area contributed by atoms with Crippen LogP contribution in [-0.2, 0) is 11.3 Å². The van der Waals surface area contributed by atoms with Crippen LogP contribution in [0, 0.1) is 0 Å². The smallest absolute Gasteiger partial charge is 0.231 e. The quantitative estimate of drug-likeness (QED) is 0.738. The number of nitrogen functional groups attached to an aromatic ring is 1. The van der Waals surface area contributed by atoms with Gasteiger partial charge in [0.25, 0.3) is 0 Å². The largest absolute Gasteiger partial charge is 0.496 e. The van der Waals surface area contributed by atoms with E-state index in [4.69, 9.17) is 16.2 Å². The molecule has 0 unspecified atom stereocenters. The maximum Gasteiger partial charge on any atom is 0.231 e. The van der Waals surface area contributed by atoms with Crippen LogP contribution in [0.3, 0.4) is 0 Å². The number of hydrogen-bond donors (Lipinski definition) is 2. The van der Waals surface area contributed by atoms with Crippen LogP contribution in [0.4, 0.5) is 5.69 Å². The van der Waals surface area contributed by atoms with Crippen LogP contribution in [-0.4, -0.2) is 30.5 Å². The van der Waals surface area contributed by atoms with Crippen LogP contribution in [0.15, 0.2) is 18.2 Å². The first-order chi connectivity index (χ1) is 8.43. The molecule has 5 nitrogen and oxygen atoms in total. The van der Waals surface area contributed by atoms with Crippen molar-refractivity contribution in [1.82, 2.24) is 4.90 Å². The van der Waals surface area contributed by atoms with Crippen LogP contribution in [0.5, 0.6) is 5.75 Å². The van der Waals surface area contributed by atoms with Crippen molar-refractivity contribution in [2.75, 3.05) is 19.4 Å². The first kappa shape index (κ1) is 14.3. The minimum absolute atomic E-state index is 0.222. The summed E-state index contributed by atoms with van der Waals surface area (Å²) in [6.07, 6.45) is 0. The Bertz CT molecular complexity index is 419. The molecule has 0 atom stereocenters. The number of amides is 1. The van der Waals surface area contributed by atoms with Gasteiger partial charge in [-0.05, 0) is 19.9 Å². The van der Waals surface area contributed by atoms with Gasteiger partial charge in [-0.3, -0.25) is 9.69 Å². The number of carbonyl (C=O) groups is 1. The second-order valence-electron chi connectivity index (χ2n) is 4.54. The molecule has 0 saturated carbocycles. The summed E-state index contributed by atoms with van der Waals surface area (Å²) in [7, 11) is 1.60. The Morgan fingerprint density at radius 1 is 1.44 bits per heavy atom. The summed E-state index contributed by atoms with van der Waals surface area (Å²) in [6.45, 7) is 4.87. The monoisotopic (exact) mass is 251 g/mol. The van der Waals surface area contributed by atoms with E-state index in [1.807, 2.05) is 30.9 Å². The maximum atomic E-state index is 11.0. The van der Waals surface area contributed by atoms with Gasteiger partial charge >= 0.3 is 0 Å². The Labute approximate surface area is 108 Å². The van der Waals surface area contributed by atoms with Gasteiger partial charge in [-0.2, -0.15) is 0 Å². The van der Waals surface area contributed by atoms with Gasteiger partial charge in [0.05, 0.1) is 13.7 Å². The highest BCUT2D eigenvalue weighted by molar-refractivity contribution is 5.76. The highest BCUT2D eigenvalue weighted by Crippen LogP contribution is 2.23. The molecule has 1 aromatic rings. The summed E-state index contributed by atoms with van der Waals surface area (Å²) in [4.78, 5) is 13.0. The first-order valence-corrected chi connectivity index (χ1v) is 5.88.